The van der Waals surface area contributed by atoms with E-state index in [0.29, 0.717) is 0 Å². The van der Waals surface area contributed by atoms with Crippen LogP contribution in [0, 0.1) is 12.1 Å². The summed E-state index contributed by atoms with van der Waals surface area (Å²) in [5, 5.41) is 2.00. The highest BCUT2D eigenvalue weighted by atomic mass is 32.1. The molecule has 0 amide bonds. The highest BCUT2D eigenvalue weighted by Gasteiger charge is 1.96. The van der Waals surface area contributed by atoms with Crippen molar-refractivity contribution in [2.75, 3.05) is 0 Å². The number of thiazole rings is 1. The summed E-state index contributed by atoms with van der Waals surface area (Å²) in [7, 11) is 0. The molecule has 0 aliphatic rings. The minimum Gasteiger partial charge on any atom is -0.245 e. The lowest BCUT2D eigenvalue weighted by Gasteiger charge is -1.91. The summed E-state index contributed by atoms with van der Waals surface area (Å²) in [5.74, 6) is 0. The van der Waals surface area contributed by atoms with E-state index in [1.54, 1.807) is 11.3 Å². The lowest BCUT2D eigenvalue weighted by atomic mass is 10.2. The highest BCUT2D eigenvalue weighted by Crippen LogP contribution is 2.16. The molecule has 0 unspecified atom stereocenters. The van der Waals surface area contributed by atoms with Gasteiger partial charge in [-0.05, 0) is 6.07 Å². The van der Waals surface area contributed by atoms with Gasteiger partial charge in [-0.3, -0.25) is 0 Å². The predicted octanol–water partition coefficient (Wildman–Crippen LogP) is 2.41. The number of rotatable bonds is 1. The van der Waals surface area contributed by atoms with Gasteiger partial charge in [0.05, 0.1) is 11.2 Å². The molecule has 1 heterocycles. The summed E-state index contributed by atoms with van der Waals surface area (Å²) in [6.45, 7) is 0. The molecule has 2 heteroatoms. The molecule has 1 aromatic heterocycles. The SMILES string of the molecule is [c]1[c]c(-c2cscn2)ccc1. The molecular formula is C9H5NS. The maximum absolute atomic E-state index is 4.15. The molecule has 52 valence electrons. The van der Waals surface area contributed by atoms with Gasteiger partial charge in [0.15, 0.2) is 0 Å². The lowest BCUT2D eigenvalue weighted by molar-refractivity contribution is 1.41. The van der Waals surface area contributed by atoms with E-state index in [2.05, 4.69) is 17.1 Å². The zero-order valence-corrected chi connectivity index (χ0v) is 6.56. The third kappa shape index (κ3) is 1.30. The van der Waals surface area contributed by atoms with Gasteiger partial charge in [0.25, 0.3) is 0 Å². The molecule has 1 nitrogen and oxygen atoms in total. The number of hydrogen-bond donors (Lipinski definition) is 0. The smallest absolute Gasteiger partial charge is 0.0817 e. The van der Waals surface area contributed by atoms with E-state index in [-0.39, 0.29) is 0 Å². The van der Waals surface area contributed by atoms with Crippen molar-refractivity contribution in [2.24, 2.45) is 0 Å². The van der Waals surface area contributed by atoms with Gasteiger partial charge in [0.1, 0.15) is 0 Å². The fourth-order valence-corrected chi connectivity index (χ4v) is 1.40. The van der Waals surface area contributed by atoms with Crippen molar-refractivity contribution in [1.29, 1.82) is 0 Å². The fourth-order valence-electron chi connectivity index (χ4n) is 0.848. The number of nitrogens with zero attached hydrogens (tertiary/aromatic N) is 1. The molecule has 11 heavy (non-hydrogen) atoms. The van der Waals surface area contributed by atoms with Crippen molar-refractivity contribution < 1.29 is 0 Å². The Hall–Kier alpha value is -1.15. The van der Waals surface area contributed by atoms with Crippen molar-refractivity contribution in [3.63, 3.8) is 0 Å². The van der Waals surface area contributed by atoms with Crippen LogP contribution in [0.5, 0.6) is 0 Å². The number of hydrogen-bond acceptors (Lipinski definition) is 2. The zero-order chi connectivity index (χ0) is 7.52. The second-order valence-corrected chi connectivity index (χ2v) is 2.80. The third-order valence-electron chi connectivity index (χ3n) is 1.36. The van der Waals surface area contributed by atoms with E-state index in [9.17, 15) is 0 Å². The van der Waals surface area contributed by atoms with E-state index in [1.807, 2.05) is 29.1 Å². The van der Waals surface area contributed by atoms with Gasteiger partial charge in [-0.15, -0.1) is 11.3 Å². The molecular weight excluding hydrogens is 154 g/mol. The maximum Gasteiger partial charge on any atom is 0.0817 e. The van der Waals surface area contributed by atoms with Gasteiger partial charge < -0.3 is 0 Å². The molecule has 2 radical (unpaired) electrons. The van der Waals surface area contributed by atoms with Gasteiger partial charge in [-0.25, -0.2) is 4.98 Å². The first-order chi connectivity index (χ1) is 5.47. The zero-order valence-electron chi connectivity index (χ0n) is 5.74. The summed E-state index contributed by atoms with van der Waals surface area (Å²) in [6.07, 6.45) is 0. The van der Waals surface area contributed by atoms with Crippen LogP contribution in [0.4, 0.5) is 0 Å². The molecule has 0 saturated heterocycles. The molecule has 0 saturated carbocycles. The minimum absolute atomic E-state index is 0.979. The van der Waals surface area contributed by atoms with Crippen LogP contribution in [0.3, 0.4) is 0 Å². The van der Waals surface area contributed by atoms with Gasteiger partial charge >= 0.3 is 0 Å². The number of benzene rings is 1. The average molecular weight is 159 g/mol. The van der Waals surface area contributed by atoms with Crippen molar-refractivity contribution in [2.45, 2.75) is 0 Å². The second-order valence-electron chi connectivity index (χ2n) is 2.08. The third-order valence-corrected chi connectivity index (χ3v) is 1.94. The molecule has 2 aromatic rings. The molecule has 0 N–H and O–H groups in total. The minimum atomic E-state index is 0.979. The van der Waals surface area contributed by atoms with Crippen LogP contribution in [0.15, 0.2) is 29.1 Å². The molecule has 0 aliphatic carbocycles. The quantitative estimate of drug-likeness (QED) is 0.622. The Morgan fingerprint density at radius 3 is 3.09 bits per heavy atom. The lowest BCUT2D eigenvalue weighted by Crippen LogP contribution is -1.74. The summed E-state index contributed by atoms with van der Waals surface area (Å²) in [5.41, 5.74) is 3.80. The normalized spacial score (nSPS) is 9.82. The van der Waals surface area contributed by atoms with Crippen LogP contribution >= 0.6 is 11.3 Å². The molecule has 2 rings (SSSR count). The Kier molecular flexibility index (Phi) is 1.69. The van der Waals surface area contributed by atoms with Crippen molar-refractivity contribution in [1.82, 2.24) is 4.98 Å². The highest BCUT2D eigenvalue weighted by molar-refractivity contribution is 7.07. The average Bonchev–Trinajstić information content (AvgIpc) is 2.58. The summed E-state index contributed by atoms with van der Waals surface area (Å²) < 4.78 is 0. The fraction of sp³-hybridized carbons (Fsp3) is 0. The Bertz CT molecular complexity index is 313. The van der Waals surface area contributed by atoms with Crippen LogP contribution in [-0.2, 0) is 0 Å². The Morgan fingerprint density at radius 1 is 1.45 bits per heavy atom. The van der Waals surface area contributed by atoms with Crippen LogP contribution < -0.4 is 0 Å². The first kappa shape index (κ1) is 6.55. The first-order valence-corrected chi connectivity index (χ1v) is 4.18. The van der Waals surface area contributed by atoms with Gasteiger partial charge in [0, 0.05) is 17.0 Å². The van der Waals surface area contributed by atoms with E-state index in [4.69, 9.17) is 0 Å². The monoisotopic (exact) mass is 159 g/mol. The van der Waals surface area contributed by atoms with Crippen LogP contribution in [0.1, 0.15) is 0 Å². The molecule has 0 aliphatic heterocycles. The van der Waals surface area contributed by atoms with Crippen molar-refractivity contribution in [3.05, 3.63) is 41.2 Å². The molecule has 0 fully saturated rings. The first-order valence-electron chi connectivity index (χ1n) is 3.24. The molecule has 0 bridgehead atoms. The second kappa shape index (κ2) is 2.84. The van der Waals surface area contributed by atoms with Crippen molar-refractivity contribution >= 4 is 11.3 Å². The Morgan fingerprint density at radius 2 is 2.45 bits per heavy atom. The molecule has 1 aromatic carbocycles. The topological polar surface area (TPSA) is 12.9 Å². The summed E-state index contributed by atoms with van der Waals surface area (Å²) >= 11 is 1.59. The maximum atomic E-state index is 4.15. The van der Waals surface area contributed by atoms with Crippen LogP contribution in [0.25, 0.3) is 11.3 Å². The Labute approximate surface area is 69.3 Å². The van der Waals surface area contributed by atoms with Crippen molar-refractivity contribution in [3.8, 4) is 11.3 Å². The van der Waals surface area contributed by atoms with Gasteiger partial charge in [0.2, 0.25) is 0 Å². The number of aromatic nitrogens is 1. The molecule has 0 atom stereocenters. The Balaban J connectivity index is 2.46. The van der Waals surface area contributed by atoms with Gasteiger partial charge in [-0.1, -0.05) is 18.2 Å². The van der Waals surface area contributed by atoms with E-state index >= 15 is 0 Å². The van der Waals surface area contributed by atoms with Crippen LogP contribution in [0.2, 0.25) is 0 Å². The largest absolute Gasteiger partial charge is 0.245 e. The van der Waals surface area contributed by atoms with Crippen LogP contribution in [-0.4, -0.2) is 4.98 Å². The summed E-state index contributed by atoms with van der Waals surface area (Å²) in [4.78, 5) is 4.15. The van der Waals surface area contributed by atoms with E-state index in [0.717, 1.165) is 11.3 Å². The molecule has 0 spiro atoms. The van der Waals surface area contributed by atoms with E-state index < -0.39 is 0 Å². The van der Waals surface area contributed by atoms with E-state index in [1.165, 1.54) is 0 Å². The predicted molar refractivity (Wildman–Crippen MR) is 45.2 cm³/mol. The summed E-state index contributed by atoms with van der Waals surface area (Å²) in [6, 6.07) is 11.6. The standard InChI is InChI=1S/C9H5NS/c1-2-4-8(5-3-1)9-6-11-7-10-9/h1-2,4,6-7H. The van der Waals surface area contributed by atoms with Gasteiger partial charge in [-0.2, -0.15) is 0 Å².